The third-order valence-electron chi connectivity index (χ3n) is 3.16. The van der Waals surface area contributed by atoms with Gasteiger partial charge in [-0.05, 0) is 49.4 Å². The summed E-state index contributed by atoms with van der Waals surface area (Å²) >= 11 is 2.78. The maximum atomic E-state index is 12.1. The van der Waals surface area contributed by atoms with Gasteiger partial charge in [0.05, 0.1) is 10.6 Å². The SMILES string of the molecule is CC(C)(C)OC(=O)Nc1cc(N2CCSC(=O)C2=O)c(I)cc1[N+](=O)[O-]. The molecule has 2 rings (SSSR count). The largest absolute Gasteiger partial charge is 0.444 e. The average molecular weight is 493 g/mol. The standard InChI is InChI=1S/C15H16IN3O6S/c1-15(2,3)25-14(22)17-9-7-10(8(16)6-11(9)19(23)24)18-4-5-26-13(21)12(18)20/h6-7H,4-5H2,1-3H3,(H,17,22). The van der Waals surface area contributed by atoms with Gasteiger partial charge in [-0.3, -0.25) is 25.0 Å². The summed E-state index contributed by atoms with van der Waals surface area (Å²) in [6.45, 7) is 5.27. The lowest BCUT2D eigenvalue weighted by Crippen LogP contribution is -2.41. The van der Waals surface area contributed by atoms with E-state index in [1.54, 1.807) is 20.8 Å². The molecule has 1 aliphatic rings. The fraction of sp³-hybridized carbons (Fsp3) is 0.400. The Hall–Kier alpha value is -1.89. The molecular weight excluding hydrogens is 477 g/mol. The molecule has 2 amide bonds. The van der Waals surface area contributed by atoms with Gasteiger partial charge in [0.15, 0.2) is 0 Å². The van der Waals surface area contributed by atoms with E-state index in [1.807, 2.05) is 22.6 Å². The van der Waals surface area contributed by atoms with Crippen LogP contribution in [0.1, 0.15) is 20.8 Å². The molecule has 26 heavy (non-hydrogen) atoms. The smallest absolute Gasteiger partial charge is 0.412 e. The zero-order valence-corrected chi connectivity index (χ0v) is 17.2. The van der Waals surface area contributed by atoms with E-state index in [2.05, 4.69) is 5.32 Å². The Morgan fingerprint density at radius 2 is 2.04 bits per heavy atom. The first-order valence-corrected chi connectivity index (χ1v) is 9.52. The van der Waals surface area contributed by atoms with Gasteiger partial charge in [-0.2, -0.15) is 0 Å². The Bertz CT molecular complexity index is 792. The van der Waals surface area contributed by atoms with Crippen LogP contribution in [0.15, 0.2) is 12.1 Å². The van der Waals surface area contributed by atoms with Crippen LogP contribution in [0.25, 0.3) is 0 Å². The van der Waals surface area contributed by atoms with Gasteiger partial charge in [0.1, 0.15) is 11.3 Å². The normalized spacial score (nSPS) is 15.0. The van der Waals surface area contributed by atoms with Gasteiger partial charge in [0.2, 0.25) is 0 Å². The highest BCUT2D eigenvalue weighted by atomic mass is 127. The summed E-state index contributed by atoms with van der Waals surface area (Å²) in [6, 6.07) is 2.55. The number of benzene rings is 1. The third kappa shape index (κ3) is 4.84. The van der Waals surface area contributed by atoms with Crippen LogP contribution in [0, 0.1) is 13.7 Å². The minimum Gasteiger partial charge on any atom is -0.444 e. The molecule has 0 aliphatic carbocycles. The van der Waals surface area contributed by atoms with Gasteiger partial charge in [-0.1, -0.05) is 11.8 Å². The van der Waals surface area contributed by atoms with E-state index in [0.29, 0.717) is 15.0 Å². The Morgan fingerprint density at radius 1 is 1.38 bits per heavy atom. The summed E-state index contributed by atoms with van der Waals surface area (Å²) in [5.41, 5.74) is -0.912. The van der Waals surface area contributed by atoms with E-state index in [0.717, 1.165) is 11.8 Å². The van der Waals surface area contributed by atoms with Crippen LogP contribution in [0.4, 0.5) is 21.9 Å². The van der Waals surface area contributed by atoms with Crippen molar-refractivity contribution in [1.29, 1.82) is 0 Å². The monoisotopic (exact) mass is 493 g/mol. The Morgan fingerprint density at radius 3 is 2.62 bits per heavy atom. The minimum absolute atomic E-state index is 0.113. The molecule has 1 saturated heterocycles. The second kappa shape index (κ2) is 7.78. The van der Waals surface area contributed by atoms with E-state index >= 15 is 0 Å². The van der Waals surface area contributed by atoms with Crippen LogP contribution in [-0.2, 0) is 14.3 Å². The summed E-state index contributed by atoms with van der Waals surface area (Å²) in [7, 11) is 0. The van der Waals surface area contributed by atoms with Crippen LogP contribution in [0.2, 0.25) is 0 Å². The van der Waals surface area contributed by atoms with Crippen molar-refractivity contribution < 1.29 is 24.0 Å². The van der Waals surface area contributed by atoms with Crippen molar-refractivity contribution in [3.8, 4) is 0 Å². The lowest BCUT2D eigenvalue weighted by molar-refractivity contribution is -0.384. The number of carbonyl (C=O) groups is 3. The van der Waals surface area contributed by atoms with Crippen molar-refractivity contribution in [3.63, 3.8) is 0 Å². The number of rotatable bonds is 3. The summed E-state index contributed by atoms with van der Waals surface area (Å²) in [6.07, 6.45) is -0.857. The number of anilines is 2. The van der Waals surface area contributed by atoms with Crippen LogP contribution in [0.5, 0.6) is 0 Å². The van der Waals surface area contributed by atoms with Crippen molar-refractivity contribution in [3.05, 3.63) is 25.8 Å². The van der Waals surface area contributed by atoms with Crippen molar-refractivity contribution in [1.82, 2.24) is 0 Å². The molecule has 1 heterocycles. The molecular formula is C15H16IN3O6S. The average Bonchev–Trinajstić information content (AvgIpc) is 2.49. The van der Waals surface area contributed by atoms with Crippen molar-refractivity contribution in [2.24, 2.45) is 0 Å². The fourth-order valence-electron chi connectivity index (χ4n) is 2.16. The Labute approximate surface area is 167 Å². The maximum Gasteiger partial charge on any atom is 0.412 e. The molecule has 1 fully saturated rings. The Balaban J connectivity index is 2.42. The summed E-state index contributed by atoms with van der Waals surface area (Å²) in [5.74, 6) is -0.275. The number of carbonyl (C=O) groups excluding carboxylic acids is 3. The van der Waals surface area contributed by atoms with E-state index in [-0.39, 0.29) is 17.9 Å². The van der Waals surface area contributed by atoms with Gasteiger partial charge in [0, 0.05) is 21.9 Å². The topological polar surface area (TPSA) is 119 Å². The van der Waals surface area contributed by atoms with Gasteiger partial charge >= 0.3 is 12.0 Å². The first-order chi connectivity index (χ1) is 12.0. The molecule has 0 spiro atoms. The quantitative estimate of drug-likeness (QED) is 0.297. The highest BCUT2D eigenvalue weighted by molar-refractivity contribution is 14.1. The Kier molecular flexibility index (Phi) is 6.11. The molecule has 0 saturated carbocycles. The van der Waals surface area contributed by atoms with Crippen LogP contribution < -0.4 is 10.2 Å². The molecule has 9 nitrogen and oxygen atoms in total. The molecule has 140 valence electrons. The molecule has 1 aromatic carbocycles. The number of nitrogens with zero attached hydrogens (tertiary/aromatic N) is 2. The summed E-state index contributed by atoms with van der Waals surface area (Å²) in [5, 5.41) is 13.1. The number of hydrogen-bond donors (Lipinski definition) is 1. The lowest BCUT2D eigenvalue weighted by Gasteiger charge is -2.26. The third-order valence-corrected chi connectivity index (χ3v) is 4.84. The number of thioether (sulfide) groups is 1. The predicted molar refractivity (Wildman–Crippen MR) is 105 cm³/mol. The summed E-state index contributed by atoms with van der Waals surface area (Å²) < 4.78 is 5.53. The van der Waals surface area contributed by atoms with Crippen molar-refractivity contribution in [2.45, 2.75) is 26.4 Å². The molecule has 1 aromatic rings. The molecule has 0 aromatic heterocycles. The predicted octanol–water partition coefficient (Wildman–Crippen LogP) is 3.15. The number of nitrogens with one attached hydrogen (secondary N) is 1. The molecule has 0 radical (unpaired) electrons. The van der Waals surface area contributed by atoms with E-state index in [1.165, 1.54) is 17.0 Å². The van der Waals surface area contributed by atoms with E-state index < -0.39 is 27.6 Å². The molecule has 0 atom stereocenters. The second-order valence-electron chi connectivity index (χ2n) is 6.30. The lowest BCUT2D eigenvalue weighted by atomic mass is 10.2. The van der Waals surface area contributed by atoms with E-state index in [4.69, 9.17) is 4.74 Å². The van der Waals surface area contributed by atoms with Crippen molar-refractivity contribution >= 4 is 68.5 Å². The first-order valence-electron chi connectivity index (χ1n) is 7.46. The number of nitro groups is 1. The molecule has 1 N–H and O–H groups in total. The van der Waals surface area contributed by atoms with Gasteiger partial charge in [-0.25, -0.2) is 4.79 Å². The van der Waals surface area contributed by atoms with Gasteiger partial charge in [0.25, 0.3) is 10.8 Å². The highest BCUT2D eigenvalue weighted by Gasteiger charge is 2.31. The molecule has 0 unspecified atom stereocenters. The number of ether oxygens (including phenoxy) is 1. The fourth-order valence-corrected chi connectivity index (χ4v) is 3.59. The first kappa shape index (κ1) is 20.4. The zero-order valence-electron chi connectivity index (χ0n) is 14.2. The summed E-state index contributed by atoms with van der Waals surface area (Å²) in [4.78, 5) is 47.7. The second-order valence-corrected chi connectivity index (χ2v) is 8.53. The number of nitro benzene ring substituents is 1. The molecule has 11 heteroatoms. The van der Waals surface area contributed by atoms with Crippen LogP contribution in [0.3, 0.4) is 0 Å². The number of amides is 2. The van der Waals surface area contributed by atoms with Gasteiger partial charge < -0.3 is 9.64 Å². The molecule has 1 aliphatic heterocycles. The zero-order chi connectivity index (χ0) is 19.6. The number of halogens is 1. The minimum atomic E-state index is -0.857. The number of hydrogen-bond acceptors (Lipinski definition) is 7. The van der Waals surface area contributed by atoms with Crippen molar-refractivity contribution in [2.75, 3.05) is 22.5 Å². The maximum absolute atomic E-state index is 12.1. The molecule has 0 bridgehead atoms. The van der Waals surface area contributed by atoms with Gasteiger partial charge in [-0.15, -0.1) is 0 Å². The van der Waals surface area contributed by atoms with E-state index in [9.17, 15) is 24.5 Å². The van der Waals surface area contributed by atoms with Crippen LogP contribution in [-0.4, -0.2) is 39.9 Å². The highest BCUT2D eigenvalue weighted by Crippen LogP contribution is 2.36. The van der Waals surface area contributed by atoms with Crippen LogP contribution >= 0.6 is 34.4 Å².